The summed E-state index contributed by atoms with van der Waals surface area (Å²) < 4.78 is 0. The van der Waals surface area contributed by atoms with Crippen molar-refractivity contribution in [3.63, 3.8) is 0 Å². The first-order valence-electron chi connectivity index (χ1n) is 6.99. The van der Waals surface area contributed by atoms with E-state index in [2.05, 4.69) is 36.1 Å². The summed E-state index contributed by atoms with van der Waals surface area (Å²) >= 11 is 0. The number of nitrogens with zero attached hydrogens (tertiary/aromatic N) is 1. The molecule has 1 aromatic carbocycles. The van der Waals surface area contributed by atoms with Gasteiger partial charge in [0.1, 0.15) is 5.78 Å². The molecule has 0 spiro atoms. The molecule has 1 fully saturated rings. The molecule has 2 nitrogen and oxygen atoms in total. The Labute approximate surface area is 110 Å². The maximum atomic E-state index is 11.7. The van der Waals surface area contributed by atoms with Gasteiger partial charge >= 0.3 is 0 Å². The molecule has 0 unspecified atom stereocenters. The molecule has 0 N–H and O–H groups in total. The number of rotatable bonds is 4. The lowest BCUT2D eigenvalue weighted by Crippen LogP contribution is -2.35. The molecule has 0 saturated carbocycles. The fourth-order valence-corrected chi connectivity index (χ4v) is 2.65. The SMILES string of the molecule is CCC(=O)C1CCN(Cc2ccc(C)cc2)CC1. The molecule has 98 valence electrons. The third kappa shape index (κ3) is 3.42. The number of carbonyl (C=O) groups excluding carboxylic acids is 1. The van der Waals surface area contributed by atoms with E-state index in [0.29, 0.717) is 18.1 Å². The zero-order valence-corrected chi connectivity index (χ0v) is 11.5. The van der Waals surface area contributed by atoms with Crippen LogP contribution in [-0.2, 0) is 11.3 Å². The average Bonchev–Trinajstić information content (AvgIpc) is 2.41. The molecule has 1 aliphatic heterocycles. The number of ketones is 1. The Morgan fingerprint density at radius 2 is 1.83 bits per heavy atom. The van der Waals surface area contributed by atoms with E-state index in [-0.39, 0.29) is 0 Å². The largest absolute Gasteiger partial charge is 0.299 e. The van der Waals surface area contributed by atoms with Crippen molar-refractivity contribution in [3.05, 3.63) is 35.4 Å². The van der Waals surface area contributed by atoms with Gasteiger partial charge in [0.25, 0.3) is 0 Å². The van der Waals surface area contributed by atoms with Crippen LogP contribution < -0.4 is 0 Å². The second-order valence-electron chi connectivity index (χ2n) is 5.36. The van der Waals surface area contributed by atoms with Crippen LogP contribution in [0.15, 0.2) is 24.3 Å². The molecular formula is C16H23NO. The first kappa shape index (κ1) is 13.3. The highest BCUT2D eigenvalue weighted by Crippen LogP contribution is 2.20. The van der Waals surface area contributed by atoms with Gasteiger partial charge in [-0.1, -0.05) is 36.8 Å². The van der Waals surface area contributed by atoms with Crippen molar-refractivity contribution in [1.29, 1.82) is 0 Å². The molecule has 0 aromatic heterocycles. The van der Waals surface area contributed by atoms with E-state index in [1.165, 1.54) is 11.1 Å². The van der Waals surface area contributed by atoms with Gasteiger partial charge in [-0.3, -0.25) is 9.69 Å². The minimum Gasteiger partial charge on any atom is -0.299 e. The first-order valence-corrected chi connectivity index (χ1v) is 6.99. The normalized spacial score (nSPS) is 17.9. The van der Waals surface area contributed by atoms with Crippen molar-refractivity contribution in [3.8, 4) is 0 Å². The summed E-state index contributed by atoms with van der Waals surface area (Å²) in [7, 11) is 0. The summed E-state index contributed by atoms with van der Waals surface area (Å²) in [6, 6.07) is 8.75. The summed E-state index contributed by atoms with van der Waals surface area (Å²) in [5.74, 6) is 0.772. The lowest BCUT2D eigenvalue weighted by Gasteiger charge is -2.31. The molecule has 0 radical (unpaired) electrons. The van der Waals surface area contributed by atoms with Crippen molar-refractivity contribution in [2.45, 2.75) is 39.7 Å². The standard InChI is InChI=1S/C16H23NO/c1-3-16(18)15-8-10-17(11-9-15)12-14-6-4-13(2)5-7-14/h4-7,15H,3,8-12H2,1-2H3. The van der Waals surface area contributed by atoms with Crippen LogP contribution in [0.1, 0.15) is 37.3 Å². The van der Waals surface area contributed by atoms with E-state index in [9.17, 15) is 4.79 Å². The first-order chi connectivity index (χ1) is 8.69. The third-order valence-corrected chi connectivity index (χ3v) is 3.92. The zero-order chi connectivity index (χ0) is 13.0. The van der Waals surface area contributed by atoms with Gasteiger partial charge in [-0.25, -0.2) is 0 Å². The molecule has 1 heterocycles. The Balaban J connectivity index is 1.83. The van der Waals surface area contributed by atoms with E-state index in [4.69, 9.17) is 0 Å². The second kappa shape index (κ2) is 6.14. The minimum absolute atomic E-state index is 0.323. The van der Waals surface area contributed by atoms with Gasteiger partial charge < -0.3 is 0 Å². The van der Waals surface area contributed by atoms with Gasteiger partial charge in [0.05, 0.1) is 0 Å². The summed E-state index contributed by atoms with van der Waals surface area (Å²) in [5, 5.41) is 0. The molecule has 2 rings (SSSR count). The van der Waals surface area contributed by atoms with Crippen LogP contribution in [0.5, 0.6) is 0 Å². The number of aryl methyl sites for hydroxylation is 1. The quantitative estimate of drug-likeness (QED) is 0.812. The van der Waals surface area contributed by atoms with Crippen molar-refractivity contribution in [1.82, 2.24) is 4.90 Å². The monoisotopic (exact) mass is 245 g/mol. The summed E-state index contributed by atoms with van der Waals surface area (Å²) in [4.78, 5) is 14.1. The molecule has 1 saturated heterocycles. The van der Waals surface area contributed by atoms with E-state index in [1.54, 1.807) is 0 Å². The van der Waals surface area contributed by atoms with Gasteiger partial charge in [0, 0.05) is 18.9 Å². The van der Waals surface area contributed by atoms with Crippen LogP contribution in [0, 0.1) is 12.8 Å². The number of likely N-dealkylation sites (tertiary alicyclic amines) is 1. The van der Waals surface area contributed by atoms with E-state index in [1.807, 2.05) is 6.92 Å². The molecular weight excluding hydrogens is 222 g/mol. The van der Waals surface area contributed by atoms with E-state index in [0.717, 1.165) is 32.5 Å². The molecule has 18 heavy (non-hydrogen) atoms. The molecule has 0 atom stereocenters. The molecule has 0 bridgehead atoms. The van der Waals surface area contributed by atoms with Crippen molar-refractivity contribution in [2.75, 3.05) is 13.1 Å². The molecule has 2 heteroatoms. The van der Waals surface area contributed by atoms with Crippen LogP contribution >= 0.6 is 0 Å². The second-order valence-corrected chi connectivity index (χ2v) is 5.36. The predicted octanol–water partition coefficient (Wildman–Crippen LogP) is 3.19. The Morgan fingerprint density at radius 3 is 2.39 bits per heavy atom. The topological polar surface area (TPSA) is 20.3 Å². The van der Waals surface area contributed by atoms with E-state index < -0.39 is 0 Å². The highest BCUT2D eigenvalue weighted by Gasteiger charge is 2.23. The lowest BCUT2D eigenvalue weighted by atomic mass is 9.91. The summed E-state index contributed by atoms with van der Waals surface area (Å²) in [6.45, 7) is 7.23. The number of benzene rings is 1. The van der Waals surface area contributed by atoms with Crippen LogP contribution in [-0.4, -0.2) is 23.8 Å². The number of piperidine rings is 1. The third-order valence-electron chi connectivity index (χ3n) is 3.92. The number of hydrogen-bond donors (Lipinski definition) is 0. The van der Waals surface area contributed by atoms with Crippen LogP contribution in [0.25, 0.3) is 0 Å². The Bertz CT molecular complexity index is 388. The Kier molecular flexibility index (Phi) is 4.54. The van der Waals surface area contributed by atoms with Crippen LogP contribution in [0.2, 0.25) is 0 Å². The Hall–Kier alpha value is -1.15. The highest BCUT2D eigenvalue weighted by atomic mass is 16.1. The maximum absolute atomic E-state index is 11.7. The fourth-order valence-electron chi connectivity index (χ4n) is 2.65. The molecule has 1 aromatic rings. The smallest absolute Gasteiger partial charge is 0.135 e. The fraction of sp³-hybridized carbons (Fsp3) is 0.562. The molecule has 0 amide bonds. The predicted molar refractivity (Wildman–Crippen MR) is 74.5 cm³/mol. The average molecular weight is 245 g/mol. The minimum atomic E-state index is 0.323. The Morgan fingerprint density at radius 1 is 1.22 bits per heavy atom. The lowest BCUT2D eigenvalue weighted by molar-refractivity contribution is -0.124. The van der Waals surface area contributed by atoms with Crippen LogP contribution in [0.3, 0.4) is 0 Å². The van der Waals surface area contributed by atoms with Crippen molar-refractivity contribution < 1.29 is 4.79 Å². The van der Waals surface area contributed by atoms with Gasteiger partial charge in [0.2, 0.25) is 0 Å². The van der Waals surface area contributed by atoms with Gasteiger partial charge in [-0.15, -0.1) is 0 Å². The number of hydrogen-bond acceptors (Lipinski definition) is 2. The van der Waals surface area contributed by atoms with Crippen molar-refractivity contribution >= 4 is 5.78 Å². The zero-order valence-electron chi connectivity index (χ0n) is 11.5. The highest BCUT2D eigenvalue weighted by molar-refractivity contribution is 5.80. The molecule has 0 aliphatic carbocycles. The van der Waals surface area contributed by atoms with Gasteiger partial charge in [-0.2, -0.15) is 0 Å². The van der Waals surface area contributed by atoms with E-state index >= 15 is 0 Å². The van der Waals surface area contributed by atoms with Gasteiger partial charge in [0.15, 0.2) is 0 Å². The van der Waals surface area contributed by atoms with Crippen LogP contribution in [0.4, 0.5) is 0 Å². The summed E-state index contributed by atoms with van der Waals surface area (Å²) in [6.07, 6.45) is 2.78. The number of carbonyl (C=O) groups is 1. The maximum Gasteiger partial charge on any atom is 0.135 e. The van der Waals surface area contributed by atoms with Gasteiger partial charge in [-0.05, 0) is 38.4 Å². The number of Topliss-reactive ketones (excluding diaryl/α,β-unsaturated/α-hetero) is 1. The molecule has 1 aliphatic rings. The summed E-state index contributed by atoms with van der Waals surface area (Å²) in [5.41, 5.74) is 2.69. The van der Waals surface area contributed by atoms with Crippen molar-refractivity contribution in [2.24, 2.45) is 5.92 Å².